The van der Waals surface area contributed by atoms with Crippen molar-refractivity contribution in [1.82, 2.24) is 9.80 Å². The number of likely N-dealkylation sites (tertiary alicyclic amines) is 1. The first-order valence-electron chi connectivity index (χ1n) is 14.4. The third-order valence-corrected chi connectivity index (χ3v) is 11.0. The van der Waals surface area contributed by atoms with Crippen LogP contribution >= 0.6 is 11.8 Å². The zero-order valence-corrected chi connectivity index (χ0v) is 24.5. The summed E-state index contributed by atoms with van der Waals surface area (Å²) in [6.07, 6.45) is 8.12. The van der Waals surface area contributed by atoms with Gasteiger partial charge in [-0.05, 0) is 30.5 Å². The molecule has 1 N–H and O–H groups in total. The molecule has 1 unspecified atom stereocenters. The summed E-state index contributed by atoms with van der Waals surface area (Å²) in [4.78, 5) is 49.0. The van der Waals surface area contributed by atoms with Crippen LogP contribution < -0.4 is 4.90 Å². The molecule has 6 rings (SSSR count). The van der Waals surface area contributed by atoms with E-state index in [1.807, 2.05) is 99.7 Å². The van der Waals surface area contributed by atoms with E-state index in [2.05, 4.69) is 6.08 Å². The largest absolute Gasteiger partial charge is 0.394 e. The first-order chi connectivity index (χ1) is 19.7. The number of thioether (sulfide) groups is 1. The molecule has 4 aliphatic rings. The third-order valence-electron chi connectivity index (χ3n) is 9.18. The number of hydrogen-bond acceptors (Lipinski definition) is 5. The Hall–Kier alpha value is -3.36. The Balaban J connectivity index is 1.47. The highest BCUT2D eigenvalue weighted by molar-refractivity contribution is 8.02. The molecule has 4 aliphatic heterocycles. The monoisotopic (exact) mass is 571 g/mol. The SMILES string of the molecule is CC(C)[C@H](CO)N1C(=O)[C@@H]2[C@@H]3C(=O)N(c4ccccc4)CC=C[C@]3(C)S[C@@]23C=CCN(Cc2ccccc2)C(=O)C13. The van der Waals surface area contributed by atoms with Gasteiger partial charge in [0.15, 0.2) is 0 Å². The van der Waals surface area contributed by atoms with Crippen LogP contribution in [-0.2, 0) is 20.9 Å². The molecule has 7 nitrogen and oxygen atoms in total. The Kier molecular flexibility index (Phi) is 7.10. The number of aliphatic hydroxyl groups excluding tert-OH is 1. The summed E-state index contributed by atoms with van der Waals surface area (Å²) < 4.78 is -1.63. The van der Waals surface area contributed by atoms with Gasteiger partial charge in [-0.25, -0.2) is 0 Å². The fourth-order valence-electron chi connectivity index (χ4n) is 7.27. The van der Waals surface area contributed by atoms with Gasteiger partial charge in [0.25, 0.3) is 0 Å². The lowest BCUT2D eigenvalue weighted by Gasteiger charge is -2.41. The van der Waals surface area contributed by atoms with Gasteiger partial charge in [0, 0.05) is 30.1 Å². The molecular formula is C33H37N3O4S. The summed E-state index contributed by atoms with van der Waals surface area (Å²) >= 11 is 1.57. The second-order valence-corrected chi connectivity index (χ2v) is 13.8. The molecule has 0 radical (unpaired) electrons. The van der Waals surface area contributed by atoms with Gasteiger partial charge in [0.2, 0.25) is 17.7 Å². The van der Waals surface area contributed by atoms with E-state index in [-0.39, 0.29) is 30.2 Å². The highest BCUT2D eigenvalue weighted by atomic mass is 32.2. The maximum absolute atomic E-state index is 14.7. The van der Waals surface area contributed by atoms with Gasteiger partial charge in [0.05, 0.1) is 29.2 Å². The summed E-state index contributed by atoms with van der Waals surface area (Å²) in [6, 6.07) is 18.0. The molecule has 214 valence electrons. The number of aliphatic hydroxyl groups is 1. The van der Waals surface area contributed by atoms with E-state index in [1.165, 1.54) is 0 Å². The fraction of sp³-hybridized carbons (Fsp3) is 0.424. The Morgan fingerprint density at radius 2 is 1.54 bits per heavy atom. The number of rotatable bonds is 6. The second kappa shape index (κ2) is 10.5. The maximum Gasteiger partial charge on any atom is 0.247 e. The number of fused-ring (bicyclic) bond motifs is 2. The lowest BCUT2D eigenvalue weighted by Crippen LogP contribution is -2.57. The van der Waals surface area contributed by atoms with Crippen LogP contribution in [0.1, 0.15) is 26.3 Å². The summed E-state index contributed by atoms with van der Waals surface area (Å²) in [5, 5.41) is 10.5. The zero-order valence-electron chi connectivity index (χ0n) is 23.7. The molecule has 3 amide bonds. The van der Waals surface area contributed by atoms with Gasteiger partial charge in [0.1, 0.15) is 6.04 Å². The summed E-state index contributed by atoms with van der Waals surface area (Å²) in [5.41, 5.74) is 1.79. The third kappa shape index (κ3) is 4.34. The number of benzene rings is 2. The molecule has 0 saturated carbocycles. The van der Waals surface area contributed by atoms with Crippen LogP contribution in [0.3, 0.4) is 0 Å². The molecular weight excluding hydrogens is 534 g/mol. The quantitative estimate of drug-likeness (QED) is 0.532. The number of carbonyl (C=O) groups excluding carboxylic acids is 3. The number of para-hydroxylation sites is 1. The van der Waals surface area contributed by atoms with Crippen molar-refractivity contribution in [1.29, 1.82) is 0 Å². The highest BCUT2D eigenvalue weighted by Crippen LogP contribution is 2.66. The summed E-state index contributed by atoms with van der Waals surface area (Å²) in [5.74, 6) is -1.96. The number of hydrogen-bond donors (Lipinski definition) is 1. The summed E-state index contributed by atoms with van der Waals surface area (Å²) in [6.45, 7) is 6.94. The van der Waals surface area contributed by atoms with E-state index in [4.69, 9.17) is 0 Å². The molecule has 41 heavy (non-hydrogen) atoms. The first kappa shape index (κ1) is 27.8. The predicted molar refractivity (Wildman–Crippen MR) is 161 cm³/mol. The fourth-order valence-corrected chi connectivity index (χ4v) is 9.42. The highest BCUT2D eigenvalue weighted by Gasteiger charge is 2.74. The van der Waals surface area contributed by atoms with Crippen LogP contribution in [-0.4, -0.2) is 73.9 Å². The van der Waals surface area contributed by atoms with Crippen molar-refractivity contribution in [3.63, 3.8) is 0 Å². The molecule has 0 bridgehead atoms. The van der Waals surface area contributed by atoms with E-state index < -0.39 is 33.4 Å². The van der Waals surface area contributed by atoms with Gasteiger partial charge in [-0.3, -0.25) is 14.4 Å². The van der Waals surface area contributed by atoms with E-state index in [0.29, 0.717) is 19.6 Å². The first-order valence-corrected chi connectivity index (χ1v) is 15.2. The van der Waals surface area contributed by atoms with Crippen LogP contribution in [0.25, 0.3) is 0 Å². The Bertz CT molecular complexity index is 1400. The minimum Gasteiger partial charge on any atom is -0.394 e. The lowest BCUT2D eigenvalue weighted by molar-refractivity contribution is -0.147. The molecule has 4 heterocycles. The van der Waals surface area contributed by atoms with Gasteiger partial charge in [-0.15, -0.1) is 11.8 Å². The van der Waals surface area contributed by atoms with E-state index in [9.17, 15) is 19.5 Å². The van der Waals surface area contributed by atoms with Crippen LogP contribution in [0.15, 0.2) is 85.0 Å². The lowest BCUT2D eigenvalue weighted by atomic mass is 9.74. The van der Waals surface area contributed by atoms with Crippen molar-refractivity contribution in [2.24, 2.45) is 17.8 Å². The van der Waals surface area contributed by atoms with Crippen LogP contribution in [0.5, 0.6) is 0 Å². The van der Waals surface area contributed by atoms with Gasteiger partial charge in [-0.2, -0.15) is 0 Å². The summed E-state index contributed by atoms with van der Waals surface area (Å²) in [7, 11) is 0. The van der Waals surface area contributed by atoms with Gasteiger partial charge in [-0.1, -0.05) is 86.7 Å². The van der Waals surface area contributed by atoms with E-state index in [1.54, 1.807) is 26.5 Å². The van der Waals surface area contributed by atoms with Crippen LogP contribution in [0.2, 0.25) is 0 Å². The van der Waals surface area contributed by atoms with E-state index in [0.717, 1.165) is 11.3 Å². The molecule has 2 fully saturated rings. The van der Waals surface area contributed by atoms with Crippen molar-refractivity contribution in [3.05, 3.63) is 90.5 Å². The Morgan fingerprint density at radius 3 is 2.20 bits per heavy atom. The normalized spacial score (nSPS) is 31.7. The molecule has 2 aromatic carbocycles. The van der Waals surface area contributed by atoms with E-state index >= 15 is 0 Å². The number of nitrogens with zero attached hydrogens (tertiary/aromatic N) is 3. The number of amides is 3. The number of anilines is 1. The van der Waals surface area contributed by atoms with Gasteiger partial charge >= 0.3 is 0 Å². The van der Waals surface area contributed by atoms with Crippen molar-refractivity contribution in [2.45, 2.75) is 48.9 Å². The molecule has 0 aliphatic carbocycles. The average Bonchev–Trinajstić information content (AvgIpc) is 3.23. The number of carbonyl (C=O) groups is 3. The Morgan fingerprint density at radius 1 is 0.878 bits per heavy atom. The van der Waals surface area contributed by atoms with Crippen molar-refractivity contribution in [3.8, 4) is 0 Å². The average molecular weight is 572 g/mol. The molecule has 8 heteroatoms. The topological polar surface area (TPSA) is 81.2 Å². The molecule has 6 atom stereocenters. The van der Waals surface area contributed by atoms with Crippen molar-refractivity contribution >= 4 is 35.2 Å². The second-order valence-electron chi connectivity index (χ2n) is 12.0. The molecule has 2 saturated heterocycles. The minimum atomic E-state index is -0.943. The molecule has 2 aromatic rings. The van der Waals surface area contributed by atoms with Crippen molar-refractivity contribution < 1.29 is 19.5 Å². The van der Waals surface area contributed by atoms with Gasteiger partial charge < -0.3 is 19.8 Å². The minimum absolute atomic E-state index is 0.0793. The zero-order chi connectivity index (χ0) is 28.9. The standard InChI is InChI=1S/C33H37N3O4S/c1-22(2)25(21-37)36-28-31(40)34(20-23-12-6-4-7-13-23)18-11-17-33(28)27(30(36)39)26-29(38)35(24-14-8-5-9-15-24)19-10-16-32(26,3)41-33/h4-17,22,25-28,37H,18-21H2,1-3H3/t25-,26+,27-,28?,32-,33-/m0/s1. The molecule has 0 aromatic heterocycles. The Labute approximate surface area is 245 Å². The van der Waals surface area contributed by atoms with Crippen LogP contribution in [0.4, 0.5) is 5.69 Å². The van der Waals surface area contributed by atoms with Crippen LogP contribution in [0, 0.1) is 17.8 Å². The van der Waals surface area contributed by atoms with Crippen molar-refractivity contribution in [2.75, 3.05) is 24.6 Å². The predicted octanol–water partition coefficient (Wildman–Crippen LogP) is 3.89. The molecule has 1 spiro atoms. The maximum atomic E-state index is 14.7. The smallest absolute Gasteiger partial charge is 0.247 e.